The molecular formula is C40H46ClF3N8O4. The fourth-order valence-electron chi connectivity index (χ4n) is 8.22. The Hall–Kier alpha value is -4.86. The maximum Gasteiger partial charge on any atom is 0.419 e. The van der Waals surface area contributed by atoms with Gasteiger partial charge in [-0.25, -0.2) is 0 Å². The van der Waals surface area contributed by atoms with Crippen molar-refractivity contribution in [3.63, 3.8) is 0 Å². The van der Waals surface area contributed by atoms with Crippen molar-refractivity contribution >= 4 is 29.2 Å². The Morgan fingerprint density at radius 3 is 2.25 bits per heavy atom. The van der Waals surface area contributed by atoms with E-state index < -0.39 is 23.3 Å². The molecule has 1 aromatic carbocycles. The highest BCUT2D eigenvalue weighted by Crippen LogP contribution is 2.48. The van der Waals surface area contributed by atoms with Gasteiger partial charge in [-0.1, -0.05) is 29.8 Å². The van der Waals surface area contributed by atoms with Gasteiger partial charge in [-0.3, -0.25) is 14.6 Å². The first kappa shape index (κ1) is 39.4. The summed E-state index contributed by atoms with van der Waals surface area (Å²) in [6, 6.07) is 10.1. The normalized spacial score (nSPS) is 23.5. The molecule has 3 aromatic rings. The monoisotopic (exact) mass is 794 g/mol. The summed E-state index contributed by atoms with van der Waals surface area (Å²) in [5.74, 6) is 0.275. The number of methoxy groups -OCH3 is 2. The third-order valence-corrected chi connectivity index (χ3v) is 11.3. The lowest BCUT2D eigenvalue weighted by atomic mass is 9.74. The molecule has 3 aliphatic heterocycles. The molecule has 7 rings (SSSR count). The molecule has 2 amide bonds. The summed E-state index contributed by atoms with van der Waals surface area (Å²) in [5, 5.41) is 19.7. The molecule has 4 atom stereocenters. The molecule has 12 nitrogen and oxygen atoms in total. The fourth-order valence-corrected chi connectivity index (χ4v) is 8.61. The lowest BCUT2D eigenvalue weighted by Gasteiger charge is -2.42. The Morgan fingerprint density at radius 2 is 1.62 bits per heavy atom. The average molecular weight is 795 g/mol. The predicted molar refractivity (Wildman–Crippen MR) is 205 cm³/mol. The van der Waals surface area contributed by atoms with E-state index in [2.05, 4.69) is 41.9 Å². The van der Waals surface area contributed by atoms with Crippen LogP contribution in [0.5, 0.6) is 5.88 Å². The van der Waals surface area contributed by atoms with Gasteiger partial charge in [-0.2, -0.15) is 18.2 Å². The van der Waals surface area contributed by atoms with Crippen LogP contribution in [-0.2, 0) is 39.0 Å². The molecule has 5 heterocycles. The molecule has 0 saturated carbocycles. The largest absolute Gasteiger partial charge is 0.482 e. The highest BCUT2D eigenvalue weighted by Gasteiger charge is 2.45. The van der Waals surface area contributed by atoms with Gasteiger partial charge in [-0.05, 0) is 78.6 Å². The molecule has 0 radical (unpaired) electrons. The van der Waals surface area contributed by atoms with E-state index in [1.165, 1.54) is 7.11 Å². The quantitative estimate of drug-likeness (QED) is 0.131. The first-order valence-corrected chi connectivity index (χ1v) is 19.3. The molecule has 298 valence electrons. The molecule has 1 aliphatic carbocycles. The van der Waals surface area contributed by atoms with E-state index in [-0.39, 0.29) is 47.7 Å². The number of hydrogen-bond donors (Lipinski definition) is 6. The Bertz CT molecular complexity index is 2010. The van der Waals surface area contributed by atoms with E-state index in [1.807, 2.05) is 36.4 Å². The molecule has 16 heteroatoms. The van der Waals surface area contributed by atoms with E-state index in [0.717, 1.165) is 40.3 Å². The number of ether oxygens (including phenoxy) is 2. The van der Waals surface area contributed by atoms with E-state index in [4.69, 9.17) is 21.1 Å². The number of anilines is 1. The van der Waals surface area contributed by atoms with Crippen molar-refractivity contribution in [1.82, 2.24) is 36.6 Å². The minimum Gasteiger partial charge on any atom is -0.482 e. The summed E-state index contributed by atoms with van der Waals surface area (Å²) in [7, 11) is 2.97. The van der Waals surface area contributed by atoms with Gasteiger partial charge in [0.25, 0.3) is 0 Å². The Morgan fingerprint density at radius 1 is 0.929 bits per heavy atom. The molecule has 1 unspecified atom stereocenters. The molecule has 4 aliphatic rings. The zero-order valence-corrected chi connectivity index (χ0v) is 32.0. The maximum atomic E-state index is 14.7. The van der Waals surface area contributed by atoms with Gasteiger partial charge < -0.3 is 41.4 Å². The Kier molecular flexibility index (Phi) is 11.7. The molecule has 2 saturated heterocycles. The number of nitrogens with zero attached hydrogens (tertiary/aromatic N) is 2. The number of benzene rings is 1. The average Bonchev–Trinajstić information content (AvgIpc) is 3.81. The van der Waals surface area contributed by atoms with E-state index in [9.17, 15) is 22.8 Å². The van der Waals surface area contributed by atoms with E-state index in [0.29, 0.717) is 69.1 Å². The van der Waals surface area contributed by atoms with Crippen LogP contribution in [0.3, 0.4) is 0 Å². The third kappa shape index (κ3) is 8.16. The summed E-state index contributed by atoms with van der Waals surface area (Å²) >= 11 is 7.37. The number of carbonyl (C=O) groups is 2. The lowest BCUT2D eigenvalue weighted by molar-refractivity contribution is -0.137. The Labute approximate surface area is 328 Å². The SMILES string of the molecule is COC1=C(CNC[C@@H]2CCC(=O)N2)C=C(Cl)C(c2ccncc2)(c2cccc3c2CCC[C@@H]3Nc2nc(OC)c(CNC[C@H]3CCC(=O)N3)cc2C(F)(F)F)N1. The number of carbonyl (C=O) groups excluding carboxylic acids is 2. The van der Waals surface area contributed by atoms with Crippen molar-refractivity contribution in [3.05, 3.63) is 105 Å². The number of pyridine rings is 2. The molecule has 0 bridgehead atoms. The van der Waals surface area contributed by atoms with Gasteiger partial charge >= 0.3 is 6.18 Å². The van der Waals surface area contributed by atoms with Gasteiger partial charge in [-0.15, -0.1) is 0 Å². The molecule has 6 N–H and O–H groups in total. The lowest BCUT2D eigenvalue weighted by Crippen LogP contribution is -2.48. The van der Waals surface area contributed by atoms with Crippen LogP contribution >= 0.6 is 11.6 Å². The number of halogens is 4. The number of aromatic nitrogens is 2. The van der Waals surface area contributed by atoms with E-state index >= 15 is 0 Å². The van der Waals surface area contributed by atoms with Crippen molar-refractivity contribution in [1.29, 1.82) is 0 Å². The fraction of sp³-hybridized carbons (Fsp3) is 0.450. The number of amides is 2. The summed E-state index contributed by atoms with van der Waals surface area (Å²) in [4.78, 5) is 31.9. The number of hydrogen-bond acceptors (Lipinski definition) is 10. The Balaban J connectivity index is 1.20. The summed E-state index contributed by atoms with van der Waals surface area (Å²) in [5.41, 5.74) is 2.46. The first-order chi connectivity index (χ1) is 27.0. The number of dihydropyridines is 1. The second-order valence-corrected chi connectivity index (χ2v) is 15.0. The summed E-state index contributed by atoms with van der Waals surface area (Å²) in [6.45, 7) is 1.50. The van der Waals surface area contributed by atoms with Crippen molar-refractivity contribution in [3.8, 4) is 5.88 Å². The summed E-state index contributed by atoms with van der Waals surface area (Å²) in [6.07, 6.45) is 4.85. The van der Waals surface area contributed by atoms with Crippen molar-refractivity contribution in [2.24, 2.45) is 0 Å². The minimum absolute atomic E-state index is 0.0353. The van der Waals surface area contributed by atoms with Crippen LogP contribution in [0, 0.1) is 0 Å². The van der Waals surface area contributed by atoms with E-state index in [1.54, 1.807) is 19.5 Å². The standard InChI is InChI=1S/C40H46ClF3N8O4/c1-55-37-23(19-46-21-26-9-11-34(53)48-26)17-31(40(42,43)44)36(51-37)50-32-8-4-5-28-29(32)6-3-7-30(28)39(25-13-15-45-16-14-25)33(41)18-24(38(52-39)56-2)20-47-22-27-10-12-35(54)49-27/h3,6-7,13-18,26-27,32,46-47,52H,4-5,8-12,19-22H2,1-2H3,(H,48,53)(H,49,54)(H,50,51)/t26-,27+,32+,39?/m1/s1. The molecule has 56 heavy (non-hydrogen) atoms. The van der Waals surface area contributed by atoms with Gasteiger partial charge in [0.05, 0.1) is 30.9 Å². The highest BCUT2D eigenvalue weighted by atomic mass is 35.5. The van der Waals surface area contributed by atoms with Gasteiger partial charge in [0.2, 0.25) is 17.7 Å². The number of alkyl halides is 3. The summed E-state index contributed by atoms with van der Waals surface area (Å²) < 4.78 is 55.6. The highest BCUT2D eigenvalue weighted by molar-refractivity contribution is 6.31. The molecular weight excluding hydrogens is 749 g/mol. The van der Waals surface area contributed by atoms with Crippen LogP contribution in [0.4, 0.5) is 19.0 Å². The van der Waals surface area contributed by atoms with Crippen molar-refractivity contribution < 1.29 is 32.2 Å². The zero-order chi connectivity index (χ0) is 39.5. The first-order valence-electron chi connectivity index (χ1n) is 18.9. The smallest absolute Gasteiger partial charge is 0.419 e. The number of rotatable bonds is 14. The van der Waals surface area contributed by atoms with Crippen LogP contribution in [0.25, 0.3) is 0 Å². The minimum atomic E-state index is -4.70. The van der Waals surface area contributed by atoms with Gasteiger partial charge in [0.15, 0.2) is 5.88 Å². The molecule has 2 fully saturated rings. The van der Waals surface area contributed by atoms with Crippen LogP contribution in [0.15, 0.2) is 71.4 Å². The number of fused-ring (bicyclic) bond motifs is 1. The second-order valence-electron chi connectivity index (χ2n) is 14.5. The van der Waals surface area contributed by atoms with Crippen LogP contribution in [0.1, 0.15) is 77.9 Å². The van der Waals surface area contributed by atoms with Crippen LogP contribution in [0.2, 0.25) is 0 Å². The molecule has 2 aromatic heterocycles. The predicted octanol–water partition coefficient (Wildman–Crippen LogP) is 5.06. The number of nitrogens with one attached hydrogen (secondary N) is 6. The zero-order valence-electron chi connectivity index (χ0n) is 31.2. The third-order valence-electron chi connectivity index (χ3n) is 10.9. The van der Waals surface area contributed by atoms with Crippen LogP contribution in [-0.4, -0.2) is 67.7 Å². The molecule has 0 spiro atoms. The second kappa shape index (κ2) is 16.7. The topological polar surface area (TPSA) is 151 Å². The maximum absolute atomic E-state index is 14.7. The van der Waals surface area contributed by atoms with Crippen LogP contribution < -0.4 is 36.6 Å². The van der Waals surface area contributed by atoms with Crippen molar-refractivity contribution in [2.75, 3.05) is 39.2 Å². The van der Waals surface area contributed by atoms with Gasteiger partial charge in [0.1, 0.15) is 11.4 Å². The van der Waals surface area contributed by atoms with Gasteiger partial charge in [0, 0.05) is 74.6 Å². The van der Waals surface area contributed by atoms with Crippen molar-refractivity contribution in [2.45, 2.75) is 81.3 Å².